The van der Waals surface area contributed by atoms with Crippen molar-refractivity contribution >= 4 is 17.4 Å². The fourth-order valence-corrected chi connectivity index (χ4v) is 2.26. The predicted molar refractivity (Wildman–Crippen MR) is 71.8 cm³/mol. The molecule has 2 N–H and O–H groups in total. The SMILES string of the molecule is CC(C)c1nnsc1C(=O)NCC(C)(C)CCO. The summed E-state index contributed by atoms with van der Waals surface area (Å²) in [6, 6.07) is 0. The van der Waals surface area contributed by atoms with Crippen molar-refractivity contribution in [2.75, 3.05) is 13.2 Å². The van der Waals surface area contributed by atoms with Crippen LogP contribution in [0.3, 0.4) is 0 Å². The molecule has 0 aromatic carbocycles. The standard InChI is InChI=1S/C12H21N3O2S/c1-8(2)9-10(18-15-14-9)11(17)13-7-12(3,4)5-6-16/h8,16H,5-7H2,1-4H3,(H,13,17). The number of amides is 1. The largest absolute Gasteiger partial charge is 0.396 e. The molecule has 1 aromatic heterocycles. The van der Waals surface area contributed by atoms with E-state index in [-0.39, 0.29) is 23.8 Å². The van der Waals surface area contributed by atoms with Crippen LogP contribution in [0.1, 0.15) is 55.4 Å². The van der Waals surface area contributed by atoms with E-state index in [0.29, 0.717) is 17.8 Å². The molecule has 0 atom stereocenters. The normalized spacial score (nSPS) is 11.9. The smallest absolute Gasteiger partial charge is 0.264 e. The van der Waals surface area contributed by atoms with E-state index in [1.54, 1.807) is 0 Å². The van der Waals surface area contributed by atoms with E-state index in [2.05, 4.69) is 14.9 Å². The first-order valence-electron chi connectivity index (χ1n) is 6.08. The van der Waals surface area contributed by atoms with Gasteiger partial charge in [-0.05, 0) is 29.3 Å². The molecule has 0 aliphatic carbocycles. The van der Waals surface area contributed by atoms with Crippen molar-refractivity contribution in [3.63, 3.8) is 0 Å². The summed E-state index contributed by atoms with van der Waals surface area (Å²) >= 11 is 1.13. The monoisotopic (exact) mass is 271 g/mol. The van der Waals surface area contributed by atoms with Crippen LogP contribution in [0, 0.1) is 5.41 Å². The summed E-state index contributed by atoms with van der Waals surface area (Å²) < 4.78 is 3.84. The van der Waals surface area contributed by atoms with Crippen LogP contribution >= 0.6 is 11.5 Å². The number of nitrogens with zero attached hydrogens (tertiary/aromatic N) is 2. The Labute approximate surface area is 112 Å². The first kappa shape index (κ1) is 15.0. The van der Waals surface area contributed by atoms with Gasteiger partial charge >= 0.3 is 0 Å². The number of aliphatic hydroxyl groups is 1. The van der Waals surface area contributed by atoms with Gasteiger partial charge in [0.05, 0.1) is 5.69 Å². The van der Waals surface area contributed by atoms with Crippen molar-refractivity contribution in [2.45, 2.75) is 40.0 Å². The summed E-state index contributed by atoms with van der Waals surface area (Å²) in [5.74, 6) is 0.0645. The quantitative estimate of drug-likeness (QED) is 0.827. The second-order valence-corrected chi connectivity index (χ2v) is 6.22. The van der Waals surface area contributed by atoms with Gasteiger partial charge in [-0.3, -0.25) is 4.79 Å². The van der Waals surface area contributed by atoms with Crippen molar-refractivity contribution in [3.05, 3.63) is 10.6 Å². The highest BCUT2D eigenvalue weighted by Gasteiger charge is 2.22. The van der Waals surface area contributed by atoms with Crippen LogP contribution < -0.4 is 5.32 Å². The topological polar surface area (TPSA) is 75.1 Å². The maximum Gasteiger partial charge on any atom is 0.264 e. The molecule has 0 aliphatic heterocycles. The van der Waals surface area contributed by atoms with Crippen LogP contribution in [-0.2, 0) is 0 Å². The zero-order valence-corrected chi connectivity index (χ0v) is 12.2. The van der Waals surface area contributed by atoms with E-state index in [9.17, 15) is 4.79 Å². The molecule has 0 fully saturated rings. The molecule has 0 bridgehead atoms. The minimum atomic E-state index is -0.125. The lowest BCUT2D eigenvalue weighted by atomic mass is 9.90. The summed E-state index contributed by atoms with van der Waals surface area (Å²) in [5, 5.41) is 15.8. The van der Waals surface area contributed by atoms with Gasteiger partial charge in [0.15, 0.2) is 0 Å². The number of hydrogen-bond donors (Lipinski definition) is 2. The third kappa shape index (κ3) is 4.03. The Kier molecular flexibility index (Phi) is 5.22. The highest BCUT2D eigenvalue weighted by atomic mass is 32.1. The third-order valence-electron chi connectivity index (χ3n) is 2.78. The van der Waals surface area contributed by atoms with E-state index in [1.807, 2.05) is 27.7 Å². The second-order valence-electron chi connectivity index (χ2n) is 5.46. The molecule has 0 aliphatic rings. The van der Waals surface area contributed by atoms with Crippen LogP contribution in [0.4, 0.5) is 0 Å². The van der Waals surface area contributed by atoms with Gasteiger partial charge in [0.1, 0.15) is 4.88 Å². The number of aliphatic hydroxyl groups excluding tert-OH is 1. The molecular formula is C12H21N3O2S. The van der Waals surface area contributed by atoms with E-state index in [4.69, 9.17) is 5.11 Å². The minimum absolute atomic E-state index is 0.111. The molecule has 0 saturated heterocycles. The predicted octanol–water partition coefficient (Wildman–Crippen LogP) is 1.80. The molecule has 102 valence electrons. The van der Waals surface area contributed by atoms with Gasteiger partial charge in [-0.1, -0.05) is 32.2 Å². The lowest BCUT2D eigenvalue weighted by Crippen LogP contribution is -2.34. The highest BCUT2D eigenvalue weighted by molar-refractivity contribution is 7.08. The number of carbonyl (C=O) groups is 1. The summed E-state index contributed by atoms with van der Waals surface area (Å²) in [6.07, 6.45) is 0.658. The molecule has 0 spiro atoms. The Morgan fingerprint density at radius 1 is 1.50 bits per heavy atom. The minimum Gasteiger partial charge on any atom is -0.396 e. The molecule has 18 heavy (non-hydrogen) atoms. The van der Waals surface area contributed by atoms with Crippen LogP contribution in [0.5, 0.6) is 0 Å². The first-order chi connectivity index (χ1) is 8.37. The maximum absolute atomic E-state index is 12.0. The average Bonchev–Trinajstić information content (AvgIpc) is 2.74. The van der Waals surface area contributed by atoms with Gasteiger partial charge in [-0.15, -0.1) is 5.10 Å². The molecule has 0 unspecified atom stereocenters. The van der Waals surface area contributed by atoms with Crippen molar-refractivity contribution < 1.29 is 9.90 Å². The molecule has 1 amide bonds. The second kappa shape index (κ2) is 6.24. The van der Waals surface area contributed by atoms with Crippen molar-refractivity contribution in [3.8, 4) is 0 Å². The zero-order chi connectivity index (χ0) is 13.8. The Morgan fingerprint density at radius 2 is 2.17 bits per heavy atom. The Hall–Kier alpha value is -1.01. The fraction of sp³-hybridized carbons (Fsp3) is 0.750. The van der Waals surface area contributed by atoms with Gasteiger partial charge in [0, 0.05) is 13.2 Å². The highest BCUT2D eigenvalue weighted by Crippen LogP contribution is 2.21. The van der Waals surface area contributed by atoms with Crippen LogP contribution in [0.2, 0.25) is 0 Å². The molecule has 6 heteroatoms. The molecule has 0 saturated carbocycles. The van der Waals surface area contributed by atoms with Crippen molar-refractivity contribution in [1.29, 1.82) is 0 Å². The Bertz CT molecular complexity index is 402. The average molecular weight is 271 g/mol. The van der Waals surface area contributed by atoms with Gasteiger partial charge < -0.3 is 10.4 Å². The lowest BCUT2D eigenvalue weighted by Gasteiger charge is -2.23. The number of carbonyl (C=O) groups excluding carboxylic acids is 1. The van der Waals surface area contributed by atoms with Crippen LogP contribution in [0.15, 0.2) is 0 Å². The van der Waals surface area contributed by atoms with Crippen LogP contribution in [0.25, 0.3) is 0 Å². The number of nitrogens with one attached hydrogen (secondary N) is 1. The zero-order valence-electron chi connectivity index (χ0n) is 11.4. The summed E-state index contributed by atoms with van der Waals surface area (Å²) in [6.45, 7) is 8.66. The van der Waals surface area contributed by atoms with E-state index in [0.717, 1.165) is 17.2 Å². The van der Waals surface area contributed by atoms with Gasteiger partial charge in [-0.2, -0.15) is 0 Å². The third-order valence-corrected chi connectivity index (χ3v) is 3.52. The van der Waals surface area contributed by atoms with Gasteiger partial charge in [-0.25, -0.2) is 0 Å². The Morgan fingerprint density at radius 3 is 2.72 bits per heavy atom. The van der Waals surface area contributed by atoms with E-state index in [1.165, 1.54) is 0 Å². The number of aromatic nitrogens is 2. The number of hydrogen-bond acceptors (Lipinski definition) is 5. The molecule has 5 nitrogen and oxygen atoms in total. The first-order valence-corrected chi connectivity index (χ1v) is 6.86. The molecule has 0 radical (unpaired) electrons. The summed E-state index contributed by atoms with van der Waals surface area (Å²) in [5.41, 5.74) is 0.637. The molecule has 1 heterocycles. The van der Waals surface area contributed by atoms with E-state index >= 15 is 0 Å². The summed E-state index contributed by atoms with van der Waals surface area (Å²) in [7, 11) is 0. The summed E-state index contributed by atoms with van der Waals surface area (Å²) in [4.78, 5) is 12.6. The molecule has 1 rings (SSSR count). The van der Waals surface area contributed by atoms with E-state index < -0.39 is 0 Å². The maximum atomic E-state index is 12.0. The van der Waals surface area contributed by atoms with Gasteiger partial charge in [0.25, 0.3) is 5.91 Å². The lowest BCUT2D eigenvalue weighted by molar-refractivity contribution is 0.0931. The van der Waals surface area contributed by atoms with Crippen molar-refractivity contribution in [2.24, 2.45) is 5.41 Å². The molecular weight excluding hydrogens is 250 g/mol. The van der Waals surface area contributed by atoms with Crippen LogP contribution in [-0.4, -0.2) is 33.8 Å². The van der Waals surface area contributed by atoms with Gasteiger partial charge in [0.2, 0.25) is 0 Å². The van der Waals surface area contributed by atoms with Crippen molar-refractivity contribution in [1.82, 2.24) is 14.9 Å². The Balaban J connectivity index is 2.63. The molecule has 1 aromatic rings. The number of rotatable bonds is 6. The fourth-order valence-electron chi connectivity index (χ4n) is 1.52.